The van der Waals surface area contributed by atoms with Gasteiger partial charge in [0.25, 0.3) is 0 Å². The lowest BCUT2D eigenvalue weighted by atomic mass is 9.65. The Bertz CT molecular complexity index is 1080. The van der Waals surface area contributed by atoms with Crippen molar-refractivity contribution in [2.24, 2.45) is 5.92 Å². The van der Waals surface area contributed by atoms with Gasteiger partial charge in [-0.15, -0.1) is 0 Å². The van der Waals surface area contributed by atoms with Gasteiger partial charge < -0.3 is 10.2 Å². The number of benzene rings is 4. The van der Waals surface area contributed by atoms with E-state index in [1.807, 2.05) is 72.8 Å². The van der Waals surface area contributed by atoms with Crippen LogP contribution in [0.5, 0.6) is 0 Å². The molecule has 35 heavy (non-hydrogen) atoms. The molecule has 0 radical (unpaired) electrons. The number of aliphatic hydroxyl groups excluding tert-OH is 2. The molecule has 0 aliphatic heterocycles. The molecule has 0 heterocycles. The summed E-state index contributed by atoms with van der Waals surface area (Å²) in [6, 6.07) is 41.3. The fourth-order valence-corrected chi connectivity index (χ4v) is 5.40. The zero-order valence-corrected chi connectivity index (χ0v) is 20.6. The van der Waals surface area contributed by atoms with Gasteiger partial charge in [-0.2, -0.15) is 0 Å². The van der Waals surface area contributed by atoms with Crippen molar-refractivity contribution in [3.8, 4) is 0 Å². The highest BCUT2D eigenvalue weighted by Crippen LogP contribution is 2.44. The minimum atomic E-state index is -0.816. The molecular weight excluding hydrogens is 448 g/mol. The Labute approximate surface area is 213 Å². The first-order valence-electron chi connectivity index (χ1n) is 12.2. The summed E-state index contributed by atoms with van der Waals surface area (Å²) in [5.74, 6) is -0.482. The summed E-state index contributed by atoms with van der Waals surface area (Å²) < 4.78 is 0. The second-order valence-corrected chi connectivity index (χ2v) is 9.52. The zero-order chi connectivity index (χ0) is 24.5. The maximum Gasteiger partial charge on any atom is 0.162 e. The van der Waals surface area contributed by atoms with Crippen LogP contribution in [0.1, 0.15) is 41.5 Å². The smallest absolute Gasteiger partial charge is 0.162 e. The van der Waals surface area contributed by atoms with Gasteiger partial charge in [0.05, 0.1) is 12.0 Å². The third-order valence-corrected chi connectivity index (χ3v) is 7.22. The van der Waals surface area contributed by atoms with E-state index in [1.165, 1.54) is 5.56 Å². The van der Waals surface area contributed by atoms with E-state index in [1.54, 1.807) is 0 Å². The topological polar surface area (TPSA) is 40.5 Å². The van der Waals surface area contributed by atoms with Crippen LogP contribution < -0.4 is 0 Å². The standard InChI is InChI=1S/C32H32O2S/c33-30(29(31(34)35)23-13-16-25-14-5-1-6-15-25)24-32(26-17-7-2-8-18-26,27-19-9-3-10-20-27)28-21-11-4-12-22-28/h1-12,14-15,17-22,29-30,33H,13,16,23-24H2,(H,34,35). The van der Waals surface area contributed by atoms with Crippen molar-refractivity contribution in [2.75, 3.05) is 0 Å². The Balaban J connectivity index is 1.69. The van der Waals surface area contributed by atoms with E-state index in [0.717, 1.165) is 29.5 Å². The molecule has 0 fully saturated rings. The average molecular weight is 481 g/mol. The first kappa shape index (κ1) is 24.8. The Morgan fingerprint density at radius 2 is 1.06 bits per heavy atom. The third-order valence-electron chi connectivity index (χ3n) is 6.92. The van der Waals surface area contributed by atoms with Gasteiger partial charge in [-0.05, 0) is 60.2 Å². The van der Waals surface area contributed by atoms with Gasteiger partial charge in [0.15, 0.2) is 5.05 Å². The van der Waals surface area contributed by atoms with Crippen LogP contribution in [0.25, 0.3) is 0 Å². The molecule has 4 rings (SSSR count). The first-order chi connectivity index (χ1) is 17.1. The largest absolute Gasteiger partial charge is 0.502 e. The molecule has 2 atom stereocenters. The maximum atomic E-state index is 11.6. The van der Waals surface area contributed by atoms with Crippen molar-refractivity contribution in [3.05, 3.63) is 144 Å². The highest BCUT2D eigenvalue weighted by Gasteiger charge is 2.40. The predicted molar refractivity (Wildman–Crippen MR) is 148 cm³/mol. The normalized spacial score (nSPS) is 13.2. The summed E-state index contributed by atoms with van der Waals surface area (Å²) in [6.07, 6.45) is 1.93. The molecule has 178 valence electrons. The molecule has 0 aromatic heterocycles. The van der Waals surface area contributed by atoms with Crippen LogP contribution in [0.3, 0.4) is 0 Å². The molecule has 0 aliphatic carbocycles. The predicted octanol–water partition coefficient (Wildman–Crippen LogP) is 7.30. The van der Waals surface area contributed by atoms with Crippen molar-refractivity contribution in [2.45, 2.75) is 37.2 Å². The summed E-state index contributed by atoms with van der Waals surface area (Å²) in [6.45, 7) is 0. The van der Waals surface area contributed by atoms with Gasteiger partial charge >= 0.3 is 0 Å². The van der Waals surface area contributed by atoms with Gasteiger partial charge in [0.1, 0.15) is 0 Å². The molecule has 2 N–H and O–H groups in total. The van der Waals surface area contributed by atoms with E-state index >= 15 is 0 Å². The summed E-state index contributed by atoms with van der Waals surface area (Å²) in [5, 5.41) is 22.0. The van der Waals surface area contributed by atoms with E-state index < -0.39 is 17.4 Å². The van der Waals surface area contributed by atoms with Gasteiger partial charge in [0, 0.05) is 5.41 Å². The minimum Gasteiger partial charge on any atom is -0.502 e. The quantitative estimate of drug-likeness (QED) is 0.175. The van der Waals surface area contributed by atoms with Crippen molar-refractivity contribution in [1.29, 1.82) is 0 Å². The van der Waals surface area contributed by atoms with E-state index in [4.69, 9.17) is 12.2 Å². The molecule has 2 unspecified atom stereocenters. The van der Waals surface area contributed by atoms with Gasteiger partial charge in [0.2, 0.25) is 0 Å². The average Bonchev–Trinajstić information content (AvgIpc) is 2.91. The van der Waals surface area contributed by atoms with E-state index in [9.17, 15) is 10.2 Å². The molecule has 0 saturated heterocycles. The van der Waals surface area contributed by atoms with Crippen LogP contribution in [0, 0.1) is 5.92 Å². The molecule has 3 heteroatoms. The minimum absolute atomic E-state index is 0.117. The molecular formula is C32H32O2S. The van der Waals surface area contributed by atoms with Crippen LogP contribution in [0.2, 0.25) is 0 Å². The fourth-order valence-electron chi connectivity index (χ4n) is 5.13. The lowest BCUT2D eigenvalue weighted by Gasteiger charge is -2.39. The Morgan fingerprint density at radius 3 is 1.46 bits per heavy atom. The Hall–Kier alpha value is -3.27. The van der Waals surface area contributed by atoms with Gasteiger partial charge in [-0.25, -0.2) is 0 Å². The van der Waals surface area contributed by atoms with E-state index in [-0.39, 0.29) is 5.05 Å². The molecule has 0 spiro atoms. The van der Waals surface area contributed by atoms with Crippen molar-refractivity contribution in [3.63, 3.8) is 0 Å². The SMILES string of the molecule is OC(=S)C(CCCc1ccccc1)C(O)CC(c1ccccc1)(c1ccccc1)c1ccccc1. The molecule has 0 aliphatic rings. The number of thiocarbonyl (C=S) groups is 1. The lowest BCUT2D eigenvalue weighted by Crippen LogP contribution is -2.38. The molecule has 4 aromatic carbocycles. The van der Waals surface area contributed by atoms with E-state index in [2.05, 4.69) is 48.5 Å². The molecule has 0 saturated carbocycles. The van der Waals surface area contributed by atoms with Gasteiger partial charge in [-0.3, -0.25) is 0 Å². The number of aryl methyl sites for hydroxylation is 1. The van der Waals surface area contributed by atoms with Crippen molar-refractivity contribution < 1.29 is 10.2 Å². The Morgan fingerprint density at radius 1 is 0.657 bits per heavy atom. The van der Waals surface area contributed by atoms with Crippen LogP contribution in [0.4, 0.5) is 0 Å². The Kier molecular flexibility index (Phi) is 8.46. The first-order valence-corrected chi connectivity index (χ1v) is 12.6. The van der Waals surface area contributed by atoms with Crippen LogP contribution in [0.15, 0.2) is 121 Å². The lowest BCUT2D eigenvalue weighted by molar-refractivity contribution is 0.103. The molecule has 4 aromatic rings. The summed E-state index contributed by atoms with van der Waals surface area (Å²) in [4.78, 5) is 0. The number of aliphatic hydroxyl groups is 2. The maximum absolute atomic E-state index is 11.6. The fraction of sp³-hybridized carbons (Fsp3) is 0.219. The third kappa shape index (κ3) is 5.87. The summed E-state index contributed by atoms with van der Waals surface area (Å²) in [7, 11) is 0. The molecule has 0 bridgehead atoms. The van der Waals surface area contributed by atoms with Crippen LogP contribution in [-0.4, -0.2) is 21.4 Å². The van der Waals surface area contributed by atoms with Crippen molar-refractivity contribution >= 4 is 17.3 Å². The number of rotatable bonds is 11. The monoisotopic (exact) mass is 480 g/mol. The number of hydrogen-bond donors (Lipinski definition) is 2. The highest BCUT2D eigenvalue weighted by molar-refractivity contribution is 7.80. The summed E-state index contributed by atoms with van der Waals surface area (Å²) >= 11 is 5.26. The highest BCUT2D eigenvalue weighted by atomic mass is 32.1. The second-order valence-electron chi connectivity index (χ2n) is 9.10. The van der Waals surface area contributed by atoms with Crippen LogP contribution in [-0.2, 0) is 11.8 Å². The second kappa shape index (κ2) is 11.9. The molecule has 2 nitrogen and oxygen atoms in total. The van der Waals surface area contributed by atoms with Crippen LogP contribution >= 0.6 is 12.2 Å². The van der Waals surface area contributed by atoms with Crippen molar-refractivity contribution in [1.82, 2.24) is 0 Å². The molecule has 0 amide bonds. The number of hydrogen-bond acceptors (Lipinski definition) is 2. The van der Waals surface area contributed by atoms with E-state index in [0.29, 0.717) is 12.8 Å². The summed E-state index contributed by atoms with van der Waals surface area (Å²) in [5.41, 5.74) is 3.96. The van der Waals surface area contributed by atoms with Gasteiger partial charge in [-0.1, -0.05) is 121 Å². The zero-order valence-electron chi connectivity index (χ0n) is 19.8.